The number of amides is 2. The molecular formula is C17H19N3O4. The number of hydrogen-bond acceptors (Lipinski definition) is 5. The normalized spacial score (nSPS) is 10.1. The van der Waals surface area contributed by atoms with E-state index in [4.69, 9.17) is 9.47 Å². The van der Waals surface area contributed by atoms with E-state index in [-0.39, 0.29) is 18.4 Å². The summed E-state index contributed by atoms with van der Waals surface area (Å²) in [4.78, 5) is 29.8. The Hall–Kier alpha value is -2.93. The number of benzene rings is 1. The second kappa shape index (κ2) is 8.07. The van der Waals surface area contributed by atoms with Gasteiger partial charge in [0, 0.05) is 25.9 Å². The number of carbonyl (C=O) groups is 2. The maximum atomic E-state index is 12.6. The molecule has 2 amide bonds. The molecule has 0 aliphatic carbocycles. The van der Waals surface area contributed by atoms with Crippen molar-refractivity contribution in [3.8, 4) is 5.75 Å². The molecule has 0 radical (unpaired) electrons. The minimum Gasteiger partial charge on any atom is -0.495 e. The van der Waals surface area contributed by atoms with Gasteiger partial charge in [-0.1, -0.05) is 0 Å². The SMILES string of the molecule is COCC(=O)Nc1cc(C(=O)N(C)c2cccnc2)ccc1OC. The molecule has 2 rings (SSSR count). The Morgan fingerprint density at radius 2 is 2.04 bits per heavy atom. The molecule has 24 heavy (non-hydrogen) atoms. The summed E-state index contributed by atoms with van der Waals surface area (Å²) in [5.41, 5.74) is 1.49. The van der Waals surface area contributed by atoms with Crippen LogP contribution in [-0.2, 0) is 9.53 Å². The zero-order chi connectivity index (χ0) is 17.5. The summed E-state index contributed by atoms with van der Waals surface area (Å²) in [7, 11) is 4.58. The largest absolute Gasteiger partial charge is 0.495 e. The van der Waals surface area contributed by atoms with Crippen LogP contribution in [0, 0.1) is 0 Å². The van der Waals surface area contributed by atoms with Gasteiger partial charge in [0.15, 0.2) is 0 Å². The van der Waals surface area contributed by atoms with Crippen LogP contribution in [0.15, 0.2) is 42.7 Å². The van der Waals surface area contributed by atoms with Gasteiger partial charge in [-0.05, 0) is 30.3 Å². The minimum absolute atomic E-state index is 0.0864. The molecule has 0 aliphatic rings. The van der Waals surface area contributed by atoms with E-state index < -0.39 is 0 Å². The van der Waals surface area contributed by atoms with Crippen molar-refractivity contribution in [1.82, 2.24) is 4.98 Å². The molecule has 1 N–H and O–H groups in total. The molecule has 0 aliphatic heterocycles. The smallest absolute Gasteiger partial charge is 0.258 e. The topological polar surface area (TPSA) is 80.8 Å². The van der Waals surface area contributed by atoms with Crippen LogP contribution in [-0.4, -0.2) is 44.7 Å². The van der Waals surface area contributed by atoms with Crippen LogP contribution in [0.25, 0.3) is 0 Å². The second-order valence-corrected chi connectivity index (χ2v) is 4.97. The molecule has 7 nitrogen and oxygen atoms in total. The first-order chi connectivity index (χ1) is 11.6. The average Bonchev–Trinajstić information content (AvgIpc) is 2.61. The number of nitrogens with zero attached hydrogens (tertiary/aromatic N) is 2. The molecule has 1 aromatic carbocycles. The van der Waals surface area contributed by atoms with E-state index in [0.29, 0.717) is 22.7 Å². The first-order valence-electron chi connectivity index (χ1n) is 7.21. The van der Waals surface area contributed by atoms with Crippen molar-refractivity contribution in [1.29, 1.82) is 0 Å². The van der Waals surface area contributed by atoms with Crippen LogP contribution < -0.4 is 15.0 Å². The summed E-state index contributed by atoms with van der Waals surface area (Å²) < 4.78 is 10.0. The molecule has 2 aromatic rings. The van der Waals surface area contributed by atoms with Crippen molar-refractivity contribution in [2.45, 2.75) is 0 Å². The van der Waals surface area contributed by atoms with Crippen LogP contribution >= 0.6 is 0 Å². The van der Waals surface area contributed by atoms with Gasteiger partial charge in [0.05, 0.1) is 24.7 Å². The lowest BCUT2D eigenvalue weighted by Crippen LogP contribution is -2.26. The molecule has 126 valence electrons. The van der Waals surface area contributed by atoms with Crippen molar-refractivity contribution >= 4 is 23.2 Å². The number of ether oxygens (including phenoxy) is 2. The highest BCUT2D eigenvalue weighted by Crippen LogP contribution is 2.26. The summed E-state index contributed by atoms with van der Waals surface area (Å²) in [5, 5.41) is 2.66. The highest BCUT2D eigenvalue weighted by Gasteiger charge is 2.16. The average molecular weight is 329 g/mol. The van der Waals surface area contributed by atoms with E-state index in [1.807, 2.05) is 0 Å². The summed E-state index contributed by atoms with van der Waals surface area (Å²) in [6.07, 6.45) is 3.24. The highest BCUT2D eigenvalue weighted by atomic mass is 16.5. The fraction of sp³-hybridized carbons (Fsp3) is 0.235. The third-order valence-electron chi connectivity index (χ3n) is 3.33. The predicted molar refractivity (Wildman–Crippen MR) is 90.5 cm³/mol. The molecule has 0 saturated carbocycles. The van der Waals surface area contributed by atoms with E-state index in [1.165, 1.54) is 19.1 Å². The lowest BCUT2D eigenvalue weighted by molar-refractivity contribution is -0.119. The van der Waals surface area contributed by atoms with Crippen LogP contribution in [0.1, 0.15) is 10.4 Å². The lowest BCUT2D eigenvalue weighted by Gasteiger charge is -2.18. The fourth-order valence-electron chi connectivity index (χ4n) is 2.12. The third-order valence-corrected chi connectivity index (χ3v) is 3.33. The minimum atomic E-state index is -0.332. The molecular weight excluding hydrogens is 310 g/mol. The van der Waals surface area contributed by atoms with Gasteiger partial charge in [-0.3, -0.25) is 14.6 Å². The summed E-state index contributed by atoms with van der Waals surface area (Å²) in [6, 6.07) is 8.38. The number of pyridine rings is 1. The van der Waals surface area contributed by atoms with Crippen molar-refractivity contribution in [3.05, 3.63) is 48.3 Å². The monoisotopic (exact) mass is 329 g/mol. The van der Waals surface area contributed by atoms with Crippen LogP contribution in [0.2, 0.25) is 0 Å². The molecule has 0 atom stereocenters. The zero-order valence-corrected chi connectivity index (χ0v) is 13.8. The van der Waals surface area contributed by atoms with E-state index in [2.05, 4.69) is 10.3 Å². The Labute approximate surface area is 140 Å². The third kappa shape index (κ3) is 4.08. The maximum absolute atomic E-state index is 12.6. The van der Waals surface area contributed by atoms with E-state index >= 15 is 0 Å². The Balaban J connectivity index is 2.27. The number of methoxy groups -OCH3 is 2. The standard InChI is InChI=1S/C17H19N3O4/c1-20(13-5-4-8-18-10-13)17(22)12-6-7-15(24-3)14(9-12)19-16(21)11-23-2/h4-10H,11H2,1-3H3,(H,19,21). The van der Waals surface area contributed by atoms with Gasteiger partial charge in [-0.25, -0.2) is 0 Å². The lowest BCUT2D eigenvalue weighted by atomic mass is 10.1. The molecule has 0 spiro atoms. The maximum Gasteiger partial charge on any atom is 0.258 e. The quantitative estimate of drug-likeness (QED) is 0.876. The van der Waals surface area contributed by atoms with Crippen molar-refractivity contribution in [2.24, 2.45) is 0 Å². The molecule has 0 bridgehead atoms. The zero-order valence-electron chi connectivity index (χ0n) is 13.8. The first-order valence-corrected chi connectivity index (χ1v) is 7.21. The molecule has 7 heteroatoms. The molecule has 0 fully saturated rings. The first kappa shape index (κ1) is 17.4. The molecule has 1 aromatic heterocycles. The van der Waals surface area contributed by atoms with Gasteiger partial charge in [-0.2, -0.15) is 0 Å². The molecule has 0 saturated heterocycles. The van der Waals surface area contributed by atoms with E-state index in [0.717, 1.165) is 0 Å². The Kier molecular flexibility index (Phi) is 5.86. The Morgan fingerprint density at radius 1 is 1.25 bits per heavy atom. The van der Waals surface area contributed by atoms with Gasteiger partial charge in [0.1, 0.15) is 12.4 Å². The number of nitrogens with one attached hydrogen (secondary N) is 1. The summed E-state index contributed by atoms with van der Waals surface area (Å²) >= 11 is 0. The molecule has 1 heterocycles. The van der Waals surface area contributed by atoms with Crippen LogP contribution in [0.4, 0.5) is 11.4 Å². The number of rotatable bonds is 6. The van der Waals surface area contributed by atoms with Gasteiger partial charge < -0.3 is 19.7 Å². The van der Waals surface area contributed by atoms with Gasteiger partial charge >= 0.3 is 0 Å². The highest BCUT2D eigenvalue weighted by molar-refractivity contribution is 6.07. The molecule has 0 unspecified atom stereocenters. The van der Waals surface area contributed by atoms with Crippen LogP contribution in [0.5, 0.6) is 5.75 Å². The fourth-order valence-corrected chi connectivity index (χ4v) is 2.12. The van der Waals surface area contributed by atoms with E-state index in [1.54, 1.807) is 49.8 Å². The van der Waals surface area contributed by atoms with Gasteiger partial charge in [0.25, 0.3) is 5.91 Å². The number of aromatic nitrogens is 1. The second-order valence-electron chi connectivity index (χ2n) is 4.97. The Bertz CT molecular complexity index is 719. The number of carbonyl (C=O) groups excluding carboxylic acids is 2. The van der Waals surface area contributed by atoms with Crippen molar-refractivity contribution in [2.75, 3.05) is 38.1 Å². The van der Waals surface area contributed by atoms with Crippen LogP contribution in [0.3, 0.4) is 0 Å². The van der Waals surface area contributed by atoms with Gasteiger partial charge in [0.2, 0.25) is 5.91 Å². The van der Waals surface area contributed by atoms with Crippen molar-refractivity contribution in [3.63, 3.8) is 0 Å². The van der Waals surface area contributed by atoms with E-state index in [9.17, 15) is 9.59 Å². The Morgan fingerprint density at radius 3 is 2.67 bits per heavy atom. The van der Waals surface area contributed by atoms with Gasteiger partial charge in [-0.15, -0.1) is 0 Å². The number of anilines is 2. The number of hydrogen-bond donors (Lipinski definition) is 1. The summed E-state index contributed by atoms with van der Waals surface area (Å²) in [6.45, 7) is -0.0864. The van der Waals surface area contributed by atoms with Crippen molar-refractivity contribution < 1.29 is 19.1 Å². The summed E-state index contributed by atoms with van der Waals surface area (Å²) in [5.74, 6) is -0.103. The predicted octanol–water partition coefficient (Wildman–Crippen LogP) is 1.95.